The van der Waals surface area contributed by atoms with E-state index in [1.54, 1.807) is 6.92 Å². The minimum atomic E-state index is -4.21. The van der Waals surface area contributed by atoms with Gasteiger partial charge in [-0.1, -0.05) is 19.1 Å². The highest BCUT2D eigenvalue weighted by Gasteiger charge is 2.22. The van der Waals surface area contributed by atoms with Gasteiger partial charge in [0.05, 0.1) is 9.88 Å². The Morgan fingerprint density at radius 2 is 1.95 bits per heavy atom. The van der Waals surface area contributed by atoms with Gasteiger partial charge in [0.1, 0.15) is 10.7 Å². The first kappa shape index (κ1) is 18.0. The summed E-state index contributed by atoms with van der Waals surface area (Å²) in [4.78, 5) is -0.907. The van der Waals surface area contributed by atoms with Crippen LogP contribution in [-0.2, 0) is 19.9 Å². The summed E-state index contributed by atoms with van der Waals surface area (Å²) in [6.45, 7) is 1.49. The van der Waals surface area contributed by atoms with Crippen LogP contribution in [0.4, 0.5) is 4.39 Å². The summed E-state index contributed by atoms with van der Waals surface area (Å²) in [5, 5.41) is 0. The fourth-order valence-corrected chi connectivity index (χ4v) is 3.37. The summed E-state index contributed by atoms with van der Waals surface area (Å²) < 4.78 is 62.7. The maximum absolute atomic E-state index is 13.7. The molecule has 1 aromatic rings. The third-order valence-corrected chi connectivity index (χ3v) is 5.64. The van der Waals surface area contributed by atoms with Crippen LogP contribution in [0.3, 0.4) is 0 Å². The summed E-state index contributed by atoms with van der Waals surface area (Å²) in [5.74, 6) is -1.46. The fraction of sp³-hybridized carbons (Fsp3) is 0.364. The first-order valence-electron chi connectivity index (χ1n) is 5.73. The van der Waals surface area contributed by atoms with Crippen molar-refractivity contribution in [3.8, 4) is 0 Å². The molecule has 0 aliphatic rings. The van der Waals surface area contributed by atoms with Gasteiger partial charge in [0.25, 0.3) is 0 Å². The molecule has 0 amide bonds. The lowest BCUT2D eigenvalue weighted by Gasteiger charge is -2.12. The Balaban J connectivity index is 3.17. The SMILES string of the molecule is CC(CNS(=O)(=O)c1cc(S(C)(=O)=O)ccc1F)C(N)=S. The van der Waals surface area contributed by atoms with Crippen LogP contribution >= 0.6 is 12.2 Å². The van der Waals surface area contributed by atoms with Crippen LogP contribution in [0.2, 0.25) is 0 Å². The summed E-state index contributed by atoms with van der Waals surface area (Å²) in [5.41, 5.74) is 5.36. The fourth-order valence-electron chi connectivity index (χ4n) is 1.33. The highest BCUT2D eigenvalue weighted by Crippen LogP contribution is 2.19. The Morgan fingerprint density at radius 1 is 1.38 bits per heavy atom. The molecule has 118 valence electrons. The number of nitrogens with one attached hydrogen (secondary N) is 1. The molecular weight excluding hydrogens is 339 g/mol. The zero-order valence-corrected chi connectivity index (χ0v) is 13.8. The van der Waals surface area contributed by atoms with Crippen molar-refractivity contribution in [1.29, 1.82) is 0 Å². The van der Waals surface area contributed by atoms with Gasteiger partial charge in [-0.2, -0.15) is 0 Å². The van der Waals surface area contributed by atoms with Crippen molar-refractivity contribution in [2.24, 2.45) is 11.7 Å². The number of rotatable bonds is 6. The van der Waals surface area contributed by atoms with Gasteiger partial charge in [0, 0.05) is 18.7 Å². The number of sulfonamides is 1. The van der Waals surface area contributed by atoms with Crippen LogP contribution < -0.4 is 10.5 Å². The van der Waals surface area contributed by atoms with Crippen molar-refractivity contribution in [2.45, 2.75) is 16.7 Å². The molecule has 0 fully saturated rings. The van der Waals surface area contributed by atoms with E-state index in [2.05, 4.69) is 4.72 Å². The molecule has 0 saturated carbocycles. The lowest BCUT2D eigenvalue weighted by molar-refractivity contribution is 0.551. The molecule has 0 spiro atoms. The van der Waals surface area contributed by atoms with Crippen molar-refractivity contribution in [1.82, 2.24) is 4.72 Å². The van der Waals surface area contributed by atoms with Crippen LogP contribution in [-0.4, -0.2) is 34.6 Å². The van der Waals surface area contributed by atoms with Gasteiger partial charge >= 0.3 is 0 Å². The van der Waals surface area contributed by atoms with Crippen molar-refractivity contribution in [2.75, 3.05) is 12.8 Å². The van der Waals surface area contributed by atoms with E-state index in [-0.39, 0.29) is 16.4 Å². The van der Waals surface area contributed by atoms with E-state index in [1.165, 1.54) is 0 Å². The second kappa shape index (κ2) is 6.34. The molecule has 1 unspecified atom stereocenters. The Kier molecular flexibility index (Phi) is 5.42. The van der Waals surface area contributed by atoms with Crippen LogP contribution in [0.5, 0.6) is 0 Å². The minimum absolute atomic E-state index is 0.111. The number of thiocarbonyl (C=S) groups is 1. The molecule has 10 heteroatoms. The summed E-state index contributed by atoms with van der Waals surface area (Å²) >= 11 is 4.71. The molecular formula is C11H15FN2O4S3. The molecule has 0 heterocycles. The molecule has 21 heavy (non-hydrogen) atoms. The topological polar surface area (TPSA) is 106 Å². The number of halogens is 1. The highest BCUT2D eigenvalue weighted by atomic mass is 32.2. The molecule has 0 aliphatic heterocycles. The van der Waals surface area contributed by atoms with Crippen molar-refractivity contribution >= 4 is 37.1 Å². The standard InChI is InChI=1S/C11H15FN2O4S3/c1-7(11(13)19)6-14-21(17,18)10-5-8(20(2,15)16)3-4-9(10)12/h3-5,7,14H,6H2,1-2H3,(H2,13,19). The van der Waals surface area contributed by atoms with Crippen molar-refractivity contribution < 1.29 is 21.2 Å². The van der Waals surface area contributed by atoms with Crippen LogP contribution in [0.15, 0.2) is 28.0 Å². The first-order chi connectivity index (χ1) is 9.45. The largest absolute Gasteiger partial charge is 0.393 e. The van der Waals surface area contributed by atoms with Gasteiger partial charge in [0.15, 0.2) is 9.84 Å². The molecule has 0 saturated heterocycles. The summed E-state index contributed by atoms with van der Waals surface area (Å²) in [6.07, 6.45) is 0.902. The molecule has 0 bridgehead atoms. The average Bonchev–Trinajstić information content (AvgIpc) is 2.34. The van der Waals surface area contributed by atoms with Gasteiger partial charge in [-0.3, -0.25) is 0 Å². The molecule has 1 atom stereocenters. The van der Waals surface area contributed by atoms with Gasteiger partial charge < -0.3 is 5.73 Å². The first-order valence-corrected chi connectivity index (χ1v) is 9.52. The van der Waals surface area contributed by atoms with E-state index < -0.39 is 36.5 Å². The molecule has 1 rings (SSSR count). The molecule has 3 N–H and O–H groups in total. The second-order valence-corrected chi connectivity index (χ2v) is 8.74. The summed E-state index contributed by atoms with van der Waals surface area (Å²) in [6, 6.07) is 2.57. The minimum Gasteiger partial charge on any atom is -0.393 e. The van der Waals surface area contributed by atoms with E-state index in [0.29, 0.717) is 0 Å². The Labute approximate surface area is 128 Å². The maximum Gasteiger partial charge on any atom is 0.243 e. The van der Waals surface area contributed by atoms with Crippen molar-refractivity contribution in [3.05, 3.63) is 24.0 Å². The predicted molar refractivity (Wildman–Crippen MR) is 80.6 cm³/mol. The number of hydrogen-bond donors (Lipinski definition) is 2. The van der Waals surface area contributed by atoms with E-state index in [1.807, 2.05) is 0 Å². The lowest BCUT2D eigenvalue weighted by Crippen LogP contribution is -2.34. The van der Waals surface area contributed by atoms with E-state index in [0.717, 1.165) is 24.5 Å². The number of benzene rings is 1. The van der Waals surface area contributed by atoms with Gasteiger partial charge in [-0.05, 0) is 18.2 Å². The van der Waals surface area contributed by atoms with Crippen LogP contribution in [0, 0.1) is 11.7 Å². The zero-order chi connectivity index (χ0) is 16.4. The Morgan fingerprint density at radius 3 is 2.43 bits per heavy atom. The monoisotopic (exact) mass is 354 g/mol. The normalized spacial score (nSPS) is 13.9. The number of sulfone groups is 1. The smallest absolute Gasteiger partial charge is 0.243 e. The second-order valence-electron chi connectivity index (χ2n) is 4.52. The van der Waals surface area contributed by atoms with Crippen LogP contribution in [0.25, 0.3) is 0 Å². The van der Waals surface area contributed by atoms with E-state index >= 15 is 0 Å². The van der Waals surface area contributed by atoms with Crippen LogP contribution in [0.1, 0.15) is 6.92 Å². The van der Waals surface area contributed by atoms with Gasteiger partial charge in [0.2, 0.25) is 10.0 Å². The molecule has 0 radical (unpaired) electrons. The Bertz CT molecular complexity index is 760. The molecule has 1 aromatic carbocycles. The highest BCUT2D eigenvalue weighted by molar-refractivity contribution is 7.91. The number of hydrogen-bond acceptors (Lipinski definition) is 5. The third-order valence-electron chi connectivity index (χ3n) is 2.69. The zero-order valence-electron chi connectivity index (χ0n) is 11.3. The third kappa shape index (κ3) is 4.70. The van der Waals surface area contributed by atoms with Gasteiger partial charge in [-0.25, -0.2) is 25.9 Å². The van der Waals surface area contributed by atoms with E-state index in [9.17, 15) is 21.2 Å². The predicted octanol–water partition coefficient (Wildman–Crippen LogP) is 0.430. The molecule has 6 nitrogen and oxygen atoms in total. The summed E-state index contributed by atoms with van der Waals surface area (Å²) in [7, 11) is -7.85. The van der Waals surface area contributed by atoms with E-state index in [4.69, 9.17) is 18.0 Å². The molecule has 0 aromatic heterocycles. The Hall–Kier alpha value is -1.10. The average molecular weight is 354 g/mol. The quantitative estimate of drug-likeness (QED) is 0.567. The maximum atomic E-state index is 13.7. The molecule has 0 aliphatic carbocycles. The lowest BCUT2D eigenvalue weighted by atomic mass is 10.2. The van der Waals surface area contributed by atoms with Crippen molar-refractivity contribution in [3.63, 3.8) is 0 Å². The van der Waals surface area contributed by atoms with Gasteiger partial charge in [-0.15, -0.1) is 0 Å². The number of nitrogens with two attached hydrogens (primary N) is 1.